The van der Waals surface area contributed by atoms with Crippen molar-refractivity contribution < 1.29 is 0 Å². The van der Waals surface area contributed by atoms with Crippen LogP contribution >= 0.6 is 12.2 Å². The lowest BCUT2D eigenvalue weighted by molar-refractivity contribution is 0.266. The number of nitrogens with zero attached hydrogens (tertiary/aromatic N) is 1. The number of aromatic nitrogens is 2. The first-order chi connectivity index (χ1) is 9.18. The number of para-hydroxylation sites is 1. The van der Waals surface area contributed by atoms with Gasteiger partial charge in [0, 0.05) is 6.04 Å². The average molecular weight is 274 g/mol. The van der Waals surface area contributed by atoms with Crippen LogP contribution in [-0.4, -0.2) is 9.55 Å². The van der Waals surface area contributed by atoms with Crippen molar-refractivity contribution in [1.82, 2.24) is 9.55 Å². The van der Waals surface area contributed by atoms with Gasteiger partial charge in [-0.3, -0.25) is 0 Å². The van der Waals surface area contributed by atoms with Crippen LogP contribution in [0.5, 0.6) is 0 Å². The molecule has 3 heteroatoms. The molecule has 19 heavy (non-hydrogen) atoms. The maximum absolute atomic E-state index is 5.57. The van der Waals surface area contributed by atoms with Crippen LogP contribution in [0.25, 0.3) is 11.0 Å². The van der Waals surface area contributed by atoms with Crippen LogP contribution in [0.1, 0.15) is 50.6 Å². The molecule has 0 spiro atoms. The van der Waals surface area contributed by atoms with E-state index in [4.69, 9.17) is 12.2 Å². The Kier molecular flexibility index (Phi) is 3.48. The monoisotopic (exact) mass is 274 g/mol. The summed E-state index contributed by atoms with van der Waals surface area (Å²) in [5.41, 5.74) is 3.75. The largest absolute Gasteiger partial charge is 0.330 e. The zero-order valence-corrected chi connectivity index (χ0v) is 12.6. The van der Waals surface area contributed by atoms with Crippen LogP contribution in [0.15, 0.2) is 18.2 Å². The number of aromatic amines is 1. The fourth-order valence-corrected chi connectivity index (χ4v) is 3.89. The molecule has 0 bridgehead atoms. The van der Waals surface area contributed by atoms with Crippen molar-refractivity contribution in [2.45, 2.75) is 52.0 Å². The molecule has 1 atom stereocenters. The minimum Gasteiger partial charge on any atom is -0.330 e. The quantitative estimate of drug-likeness (QED) is 0.751. The fourth-order valence-electron chi connectivity index (χ4n) is 3.52. The number of hydrogen-bond donors (Lipinski definition) is 1. The number of benzene rings is 1. The predicted octanol–water partition coefficient (Wildman–Crippen LogP) is 5.15. The van der Waals surface area contributed by atoms with Crippen molar-refractivity contribution in [2.24, 2.45) is 5.92 Å². The third-order valence-corrected chi connectivity index (χ3v) is 5.00. The molecule has 3 rings (SSSR count). The molecule has 2 nitrogen and oxygen atoms in total. The molecule has 1 aromatic carbocycles. The topological polar surface area (TPSA) is 20.7 Å². The molecule has 1 unspecified atom stereocenters. The number of imidazole rings is 1. The molecule has 1 saturated carbocycles. The third kappa shape index (κ3) is 2.25. The van der Waals surface area contributed by atoms with Crippen LogP contribution in [0.4, 0.5) is 0 Å². The predicted molar refractivity (Wildman–Crippen MR) is 83.1 cm³/mol. The van der Waals surface area contributed by atoms with Gasteiger partial charge in [-0.25, -0.2) is 0 Å². The van der Waals surface area contributed by atoms with E-state index in [1.807, 2.05) is 0 Å². The number of rotatable bonds is 2. The highest BCUT2D eigenvalue weighted by Gasteiger charge is 2.23. The molecule has 0 aliphatic heterocycles. The summed E-state index contributed by atoms with van der Waals surface area (Å²) in [6.45, 7) is 4.48. The van der Waals surface area contributed by atoms with Gasteiger partial charge in [0.15, 0.2) is 4.77 Å². The lowest BCUT2D eigenvalue weighted by Gasteiger charge is -2.29. The first-order valence-electron chi connectivity index (χ1n) is 7.38. The third-order valence-electron chi connectivity index (χ3n) is 4.70. The summed E-state index contributed by atoms with van der Waals surface area (Å²) in [5.74, 6) is 0.778. The second kappa shape index (κ2) is 5.12. The highest BCUT2D eigenvalue weighted by molar-refractivity contribution is 7.71. The summed E-state index contributed by atoms with van der Waals surface area (Å²) in [6.07, 6.45) is 6.86. The SMILES string of the molecule is Cc1cccc2c1[nH]c(=S)n2C(C)C1CCCCC1. The van der Waals surface area contributed by atoms with E-state index in [-0.39, 0.29) is 0 Å². The second-order valence-electron chi connectivity index (χ2n) is 5.91. The van der Waals surface area contributed by atoms with E-state index in [1.165, 1.54) is 48.7 Å². The summed E-state index contributed by atoms with van der Waals surface area (Å²) >= 11 is 5.57. The number of aryl methyl sites for hydroxylation is 1. The molecule has 0 saturated heterocycles. The summed E-state index contributed by atoms with van der Waals surface area (Å²) in [4.78, 5) is 3.39. The van der Waals surface area contributed by atoms with E-state index in [1.54, 1.807) is 0 Å². The second-order valence-corrected chi connectivity index (χ2v) is 6.29. The summed E-state index contributed by atoms with van der Waals surface area (Å²) in [6, 6.07) is 6.96. The number of fused-ring (bicyclic) bond motifs is 1. The van der Waals surface area contributed by atoms with Gasteiger partial charge in [-0.05, 0) is 56.5 Å². The Balaban J connectivity index is 2.06. The van der Waals surface area contributed by atoms with Gasteiger partial charge in [-0.15, -0.1) is 0 Å². The highest BCUT2D eigenvalue weighted by atomic mass is 32.1. The lowest BCUT2D eigenvalue weighted by Crippen LogP contribution is -2.19. The first-order valence-corrected chi connectivity index (χ1v) is 7.79. The summed E-state index contributed by atoms with van der Waals surface area (Å²) in [5, 5.41) is 0. The Morgan fingerprint density at radius 3 is 2.74 bits per heavy atom. The van der Waals surface area contributed by atoms with Crippen LogP contribution in [0.2, 0.25) is 0 Å². The van der Waals surface area contributed by atoms with Gasteiger partial charge in [0.2, 0.25) is 0 Å². The van der Waals surface area contributed by atoms with Crippen LogP contribution < -0.4 is 0 Å². The van der Waals surface area contributed by atoms with Crippen LogP contribution in [0, 0.1) is 17.6 Å². The molecular formula is C16H22N2S. The van der Waals surface area contributed by atoms with Gasteiger partial charge < -0.3 is 9.55 Å². The first kappa shape index (κ1) is 12.9. The zero-order chi connectivity index (χ0) is 13.4. The molecule has 1 aliphatic carbocycles. The molecule has 1 heterocycles. The van der Waals surface area contributed by atoms with Crippen molar-refractivity contribution in [1.29, 1.82) is 0 Å². The van der Waals surface area contributed by atoms with Crippen molar-refractivity contribution in [3.05, 3.63) is 28.5 Å². The average Bonchev–Trinajstić information content (AvgIpc) is 2.77. The minimum absolute atomic E-state index is 0.503. The van der Waals surface area contributed by atoms with E-state index >= 15 is 0 Å². The molecule has 1 aliphatic rings. The lowest BCUT2D eigenvalue weighted by atomic mass is 9.84. The summed E-state index contributed by atoms with van der Waals surface area (Å²) in [7, 11) is 0. The highest BCUT2D eigenvalue weighted by Crippen LogP contribution is 2.34. The minimum atomic E-state index is 0.503. The van der Waals surface area contributed by atoms with Gasteiger partial charge in [-0.2, -0.15) is 0 Å². The van der Waals surface area contributed by atoms with E-state index in [9.17, 15) is 0 Å². The molecule has 1 fully saturated rings. The van der Waals surface area contributed by atoms with Gasteiger partial charge in [0.25, 0.3) is 0 Å². The Bertz CT molecular complexity index is 632. The van der Waals surface area contributed by atoms with Crippen molar-refractivity contribution in [3.8, 4) is 0 Å². The molecule has 0 radical (unpaired) electrons. The standard InChI is InChI=1S/C16H22N2S/c1-11-7-6-10-14-15(11)17-16(19)18(14)12(2)13-8-4-3-5-9-13/h6-7,10,12-13H,3-5,8-9H2,1-2H3,(H,17,19). The molecule has 102 valence electrons. The van der Waals surface area contributed by atoms with Gasteiger partial charge in [0.1, 0.15) is 0 Å². The maximum Gasteiger partial charge on any atom is 0.178 e. The van der Waals surface area contributed by atoms with Crippen molar-refractivity contribution >= 4 is 23.3 Å². The van der Waals surface area contributed by atoms with Gasteiger partial charge in [-0.1, -0.05) is 31.4 Å². The Morgan fingerprint density at radius 1 is 1.26 bits per heavy atom. The smallest absolute Gasteiger partial charge is 0.178 e. The number of hydrogen-bond acceptors (Lipinski definition) is 1. The Labute approximate surface area is 119 Å². The fraction of sp³-hybridized carbons (Fsp3) is 0.562. The normalized spacial score (nSPS) is 18.8. The molecule has 1 N–H and O–H groups in total. The van der Waals surface area contributed by atoms with E-state index in [2.05, 4.69) is 41.6 Å². The number of H-pyrrole nitrogens is 1. The number of nitrogens with one attached hydrogen (secondary N) is 1. The Hall–Kier alpha value is -1.09. The summed E-state index contributed by atoms with van der Waals surface area (Å²) < 4.78 is 3.22. The Morgan fingerprint density at radius 2 is 2.00 bits per heavy atom. The van der Waals surface area contributed by atoms with Gasteiger partial charge in [0.05, 0.1) is 11.0 Å². The van der Waals surface area contributed by atoms with Crippen molar-refractivity contribution in [3.63, 3.8) is 0 Å². The molecule has 0 amide bonds. The van der Waals surface area contributed by atoms with E-state index in [0.717, 1.165) is 10.7 Å². The maximum atomic E-state index is 5.57. The molecule has 1 aromatic heterocycles. The zero-order valence-electron chi connectivity index (χ0n) is 11.8. The van der Waals surface area contributed by atoms with E-state index < -0.39 is 0 Å². The molecular weight excluding hydrogens is 252 g/mol. The molecule has 2 aromatic rings. The van der Waals surface area contributed by atoms with Crippen LogP contribution in [-0.2, 0) is 0 Å². The van der Waals surface area contributed by atoms with Crippen LogP contribution in [0.3, 0.4) is 0 Å². The van der Waals surface area contributed by atoms with Crippen molar-refractivity contribution in [2.75, 3.05) is 0 Å². The van der Waals surface area contributed by atoms with Gasteiger partial charge >= 0.3 is 0 Å². The van der Waals surface area contributed by atoms with E-state index in [0.29, 0.717) is 6.04 Å².